The monoisotopic (exact) mass is 367 g/mol. The number of likely N-dealkylation sites (tertiary alicyclic amines) is 1. The Labute approximate surface area is 158 Å². The third-order valence-electron chi connectivity index (χ3n) is 5.43. The molecule has 2 aliphatic heterocycles. The first-order valence-corrected chi connectivity index (χ1v) is 9.65. The zero-order chi connectivity index (χ0) is 18.6. The molecule has 1 saturated heterocycles. The molecule has 0 radical (unpaired) electrons. The second-order valence-corrected chi connectivity index (χ2v) is 7.18. The van der Waals surface area contributed by atoms with E-state index >= 15 is 0 Å². The van der Waals surface area contributed by atoms with Gasteiger partial charge < -0.3 is 15.5 Å². The van der Waals surface area contributed by atoms with Crippen molar-refractivity contribution in [3.05, 3.63) is 52.8 Å². The van der Waals surface area contributed by atoms with Crippen molar-refractivity contribution in [1.29, 1.82) is 0 Å². The molecule has 1 atom stereocenters. The first-order chi connectivity index (χ1) is 13.2. The van der Waals surface area contributed by atoms with Crippen LogP contribution in [0.5, 0.6) is 0 Å². The van der Waals surface area contributed by atoms with E-state index in [1.165, 1.54) is 0 Å². The Morgan fingerprint density at radius 2 is 2.07 bits per heavy atom. The second-order valence-electron chi connectivity index (χ2n) is 7.18. The van der Waals surface area contributed by atoms with E-state index in [1.807, 2.05) is 23.1 Å². The molecular formula is C20H25N5O2. The van der Waals surface area contributed by atoms with Crippen LogP contribution < -0.4 is 10.6 Å². The predicted molar refractivity (Wildman–Crippen MR) is 101 cm³/mol. The minimum Gasteiger partial charge on any atom is -0.350 e. The van der Waals surface area contributed by atoms with Crippen LogP contribution >= 0.6 is 0 Å². The molecular weight excluding hydrogens is 342 g/mol. The number of aromatic nitrogens is 2. The smallest absolute Gasteiger partial charge is 0.275 e. The number of carbonyl (C=O) groups excluding carboxylic acids is 2. The molecule has 3 N–H and O–H groups in total. The Hall–Kier alpha value is -2.67. The van der Waals surface area contributed by atoms with Crippen LogP contribution in [0.15, 0.2) is 30.3 Å². The standard InChI is InChI=1S/C20H25N5O2/c26-19(14-6-2-1-3-7-14)22-12-15-8-4-5-11-25(15)20(27)18-16-13-21-10-9-17(16)23-24-18/h1-3,6-7,15,21H,4-5,8-13H2,(H,22,26)(H,23,24). The number of hydrogen-bond donors (Lipinski definition) is 3. The lowest BCUT2D eigenvalue weighted by Crippen LogP contribution is -2.49. The average molecular weight is 367 g/mol. The molecule has 2 amide bonds. The van der Waals surface area contributed by atoms with Crippen molar-refractivity contribution in [3.8, 4) is 0 Å². The van der Waals surface area contributed by atoms with E-state index in [2.05, 4.69) is 20.8 Å². The number of aromatic amines is 1. The van der Waals surface area contributed by atoms with Crippen molar-refractivity contribution in [2.24, 2.45) is 0 Å². The van der Waals surface area contributed by atoms with Gasteiger partial charge in [0.1, 0.15) is 0 Å². The Bertz CT molecular complexity index is 817. The fourth-order valence-electron chi connectivity index (χ4n) is 3.92. The van der Waals surface area contributed by atoms with Crippen LogP contribution in [0.4, 0.5) is 0 Å². The number of rotatable bonds is 4. The summed E-state index contributed by atoms with van der Waals surface area (Å²) < 4.78 is 0. The van der Waals surface area contributed by atoms with Gasteiger partial charge in [-0.1, -0.05) is 18.2 Å². The quantitative estimate of drug-likeness (QED) is 0.764. The van der Waals surface area contributed by atoms with Crippen LogP contribution in [0, 0.1) is 0 Å². The maximum Gasteiger partial charge on any atom is 0.275 e. The number of carbonyl (C=O) groups is 2. The van der Waals surface area contributed by atoms with Crippen molar-refractivity contribution >= 4 is 11.8 Å². The van der Waals surface area contributed by atoms with E-state index in [9.17, 15) is 9.59 Å². The topological polar surface area (TPSA) is 90.1 Å². The first-order valence-electron chi connectivity index (χ1n) is 9.65. The van der Waals surface area contributed by atoms with Gasteiger partial charge in [-0.15, -0.1) is 0 Å². The van der Waals surface area contributed by atoms with E-state index in [-0.39, 0.29) is 17.9 Å². The molecule has 1 unspecified atom stereocenters. The third-order valence-corrected chi connectivity index (χ3v) is 5.43. The highest BCUT2D eigenvalue weighted by atomic mass is 16.2. The summed E-state index contributed by atoms with van der Waals surface area (Å²) in [5, 5.41) is 13.6. The number of nitrogens with one attached hydrogen (secondary N) is 3. The first kappa shape index (κ1) is 17.7. The number of piperidine rings is 1. The van der Waals surface area contributed by atoms with E-state index < -0.39 is 0 Å². The summed E-state index contributed by atoms with van der Waals surface area (Å²) in [6.07, 6.45) is 3.81. The maximum atomic E-state index is 13.2. The van der Waals surface area contributed by atoms with E-state index in [0.29, 0.717) is 30.9 Å². The summed E-state index contributed by atoms with van der Waals surface area (Å²) in [5.74, 6) is -0.134. The summed E-state index contributed by atoms with van der Waals surface area (Å²) in [4.78, 5) is 27.4. The van der Waals surface area contributed by atoms with Crippen molar-refractivity contribution in [2.45, 2.75) is 38.3 Å². The zero-order valence-electron chi connectivity index (χ0n) is 15.3. The predicted octanol–water partition coefficient (Wildman–Crippen LogP) is 1.48. The second kappa shape index (κ2) is 7.92. The molecule has 142 valence electrons. The molecule has 0 aliphatic carbocycles. The molecule has 0 bridgehead atoms. The number of benzene rings is 1. The van der Waals surface area contributed by atoms with Gasteiger partial charge in [0.05, 0.1) is 0 Å². The van der Waals surface area contributed by atoms with Crippen LogP contribution in [-0.2, 0) is 13.0 Å². The van der Waals surface area contributed by atoms with Gasteiger partial charge >= 0.3 is 0 Å². The Balaban J connectivity index is 1.45. The minimum absolute atomic E-state index is 0.00260. The number of fused-ring (bicyclic) bond motifs is 1. The normalized spacial score (nSPS) is 19.4. The lowest BCUT2D eigenvalue weighted by atomic mass is 10.00. The molecule has 0 spiro atoms. The molecule has 1 aromatic carbocycles. The number of nitrogens with zero attached hydrogens (tertiary/aromatic N) is 2. The van der Waals surface area contributed by atoms with Gasteiger partial charge in [0.15, 0.2) is 5.69 Å². The molecule has 0 saturated carbocycles. The third kappa shape index (κ3) is 3.73. The Morgan fingerprint density at radius 3 is 2.93 bits per heavy atom. The summed E-state index contributed by atoms with van der Waals surface area (Å²) in [6, 6.07) is 9.17. The van der Waals surface area contributed by atoms with E-state index in [4.69, 9.17) is 0 Å². The molecule has 3 heterocycles. The van der Waals surface area contributed by atoms with Crippen LogP contribution in [0.3, 0.4) is 0 Å². The highest BCUT2D eigenvalue weighted by molar-refractivity contribution is 5.95. The average Bonchev–Trinajstić information content (AvgIpc) is 3.16. The summed E-state index contributed by atoms with van der Waals surface area (Å²) in [6.45, 7) is 2.75. The molecule has 4 rings (SSSR count). The molecule has 7 heteroatoms. The van der Waals surface area contributed by atoms with Gasteiger partial charge in [-0.25, -0.2) is 0 Å². The summed E-state index contributed by atoms with van der Waals surface area (Å²) in [5.41, 5.74) is 3.21. The largest absolute Gasteiger partial charge is 0.350 e. The van der Waals surface area contributed by atoms with Crippen LogP contribution in [0.25, 0.3) is 0 Å². The molecule has 1 aromatic heterocycles. The maximum absolute atomic E-state index is 13.2. The molecule has 2 aliphatic rings. The number of H-pyrrole nitrogens is 1. The van der Waals surface area contributed by atoms with Gasteiger partial charge in [0.25, 0.3) is 11.8 Å². The van der Waals surface area contributed by atoms with Gasteiger partial charge in [0, 0.05) is 55.5 Å². The van der Waals surface area contributed by atoms with Gasteiger partial charge in [-0.05, 0) is 31.4 Å². The van der Waals surface area contributed by atoms with E-state index in [1.54, 1.807) is 12.1 Å². The lowest BCUT2D eigenvalue weighted by molar-refractivity contribution is 0.0595. The molecule has 27 heavy (non-hydrogen) atoms. The Kier molecular flexibility index (Phi) is 5.20. The molecule has 7 nitrogen and oxygen atoms in total. The van der Waals surface area contributed by atoms with Gasteiger partial charge in [-0.3, -0.25) is 14.7 Å². The van der Waals surface area contributed by atoms with Crippen molar-refractivity contribution in [1.82, 2.24) is 25.7 Å². The molecule has 2 aromatic rings. The fraction of sp³-hybridized carbons (Fsp3) is 0.450. The fourth-order valence-corrected chi connectivity index (χ4v) is 3.92. The van der Waals surface area contributed by atoms with Crippen molar-refractivity contribution in [3.63, 3.8) is 0 Å². The highest BCUT2D eigenvalue weighted by Crippen LogP contribution is 2.22. The highest BCUT2D eigenvalue weighted by Gasteiger charge is 2.31. The SMILES string of the molecule is O=C(NCC1CCCCN1C(=O)c1n[nH]c2c1CNCC2)c1ccccc1. The van der Waals surface area contributed by atoms with Crippen LogP contribution in [0.2, 0.25) is 0 Å². The number of amides is 2. The van der Waals surface area contributed by atoms with Gasteiger partial charge in [-0.2, -0.15) is 5.10 Å². The Morgan fingerprint density at radius 1 is 1.22 bits per heavy atom. The van der Waals surface area contributed by atoms with Crippen LogP contribution in [0.1, 0.15) is 51.4 Å². The minimum atomic E-state index is -0.102. The number of hydrogen-bond acceptors (Lipinski definition) is 4. The van der Waals surface area contributed by atoms with Crippen molar-refractivity contribution in [2.75, 3.05) is 19.6 Å². The summed E-state index contributed by atoms with van der Waals surface area (Å²) in [7, 11) is 0. The zero-order valence-corrected chi connectivity index (χ0v) is 15.3. The van der Waals surface area contributed by atoms with E-state index in [0.717, 1.165) is 43.5 Å². The summed E-state index contributed by atoms with van der Waals surface area (Å²) >= 11 is 0. The van der Waals surface area contributed by atoms with Crippen molar-refractivity contribution < 1.29 is 9.59 Å². The van der Waals surface area contributed by atoms with Gasteiger partial charge in [0.2, 0.25) is 0 Å². The van der Waals surface area contributed by atoms with Crippen LogP contribution in [-0.4, -0.2) is 52.6 Å². The lowest BCUT2D eigenvalue weighted by Gasteiger charge is -2.35. The molecule has 1 fully saturated rings.